The Morgan fingerprint density at radius 2 is 2.03 bits per heavy atom. The number of nitrogens with one attached hydrogen (secondary N) is 2. The lowest BCUT2D eigenvalue weighted by atomic mass is 9.90. The van der Waals surface area contributed by atoms with E-state index in [9.17, 15) is 22.0 Å². The van der Waals surface area contributed by atoms with Crippen LogP contribution in [0.3, 0.4) is 0 Å². The van der Waals surface area contributed by atoms with Crippen LogP contribution in [0.5, 0.6) is 5.75 Å². The van der Waals surface area contributed by atoms with Crippen LogP contribution in [-0.4, -0.2) is 77.7 Å². The molecule has 1 saturated heterocycles. The Labute approximate surface area is 218 Å². The average Bonchev–Trinajstić information content (AvgIpc) is 3.47. The molecule has 206 valence electrons. The molecule has 6 nitrogen and oxygen atoms in total. The summed E-state index contributed by atoms with van der Waals surface area (Å²) in [5, 5.41) is 4.30. The smallest absolute Gasteiger partial charge is 0.387 e. The summed E-state index contributed by atoms with van der Waals surface area (Å²) in [5.74, 6) is -0.153. The van der Waals surface area contributed by atoms with Gasteiger partial charge in [-0.15, -0.1) is 0 Å². The molecule has 0 radical (unpaired) electrons. The maximum Gasteiger partial charge on any atom is 0.387 e. The molecule has 0 saturated carbocycles. The fourth-order valence-electron chi connectivity index (χ4n) is 5.85. The van der Waals surface area contributed by atoms with Crippen LogP contribution in [0.2, 0.25) is 0 Å². The van der Waals surface area contributed by atoms with Gasteiger partial charge >= 0.3 is 6.61 Å². The van der Waals surface area contributed by atoms with Crippen molar-refractivity contribution in [3.05, 3.63) is 53.5 Å². The van der Waals surface area contributed by atoms with E-state index in [2.05, 4.69) is 20.2 Å². The van der Waals surface area contributed by atoms with Crippen LogP contribution in [0.1, 0.15) is 42.8 Å². The molecule has 3 aromatic rings. The van der Waals surface area contributed by atoms with Crippen molar-refractivity contribution in [1.29, 1.82) is 0 Å². The number of aromatic nitrogens is 2. The van der Waals surface area contributed by atoms with Crippen LogP contribution in [0.4, 0.5) is 27.6 Å². The molecule has 0 unspecified atom stereocenters. The Hall–Kier alpha value is -2.92. The Kier molecular flexibility index (Phi) is 8.04. The number of nitrogens with zero attached hydrogens (tertiary/aromatic N) is 3. The van der Waals surface area contributed by atoms with Gasteiger partial charge in [0.2, 0.25) is 0 Å². The first-order valence-corrected chi connectivity index (χ1v) is 13.0. The zero-order valence-electron chi connectivity index (χ0n) is 21.1. The molecule has 0 aliphatic carbocycles. The molecule has 0 spiro atoms. The highest BCUT2D eigenvalue weighted by atomic mass is 19.3. The molecule has 1 aromatic carbocycles. The molecular formula is C27H32F5N5O. The number of hydrogen-bond acceptors (Lipinski definition) is 5. The molecule has 38 heavy (non-hydrogen) atoms. The SMILES string of the molecule is C[C@@H]1Cc2c([nH]c3ccccc23)[C@@H](c2ncc(N[C@H]3CCN(CCCF)C3)cc2OC(F)F)N1CC(F)F. The summed E-state index contributed by atoms with van der Waals surface area (Å²) in [4.78, 5) is 11.6. The summed E-state index contributed by atoms with van der Waals surface area (Å²) in [5.41, 5.74) is 3.14. The largest absolute Gasteiger partial charge is 0.433 e. The van der Waals surface area contributed by atoms with Gasteiger partial charge < -0.3 is 19.9 Å². The number of likely N-dealkylation sites (tertiary alicyclic amines) is 1. The molecule has 0 amide bonds. The monoisotopic (exact) mass is 537 g/mol. The molecule has 2 N–H and O–H groups in total. The Morgan fingerprint density at radius 3 is 2.79 bits per heavy atom. The number of rotatable bonds is 10. The zero-order chi connectivity index (χ0) is 26.8. The zero-order valence-corrected chi connectivity index (χ0v) is 21.1. The van der Waals surface area contributed by atoms with E-state index in [1.807, 2.05) is 31.2 Å². The van der Waals surface area contributed by atoms with Gasteiger partial charge in [-0.1, -0.05) is 18.2 Å². The minimum absolute atomic E-state index is 0.0482. The minimum atomic E-state index is -3.11. The first-order valence-electron chi connectivity index (χ1n) is 13.0. The van der Waals surface area contributed by atoms with Crippen LogP contribution in [0.25, 0.3) is 10.9 Å². The lowest BCUT2D eigenvalue weighted by molar-refractivity contribution is -0.0519. The number of para-hydroxylation sites is 1. The van der Waals surface area contributed by atoms with Crippen LogP contribution in [0.15, 0.2) is 36.5 Å². The fraction of sp³-hybridized carbons (Fsp3) is 0.519. The van der Waals surface area contributed by atoms with E-state index in [0.717, 1.165) is 29.4 Å². The highest BCUT2D eigenvalue weighted by Gasteiger charge is 2.39. The number of aromatic amines is 1. The van der Waals surface area contributed by atoms with E-state index in [1.54, 1.807) is 11.1 Å². The molecule has 1 fully saturated rings. The second-order valence-electron chi connectivity index (χ2n) is 10.1. The number of alkyl halides is 5. The molecule has 2 aliphatic rings. The van der Waals surface area contributed by atoms with Gasteiger partial charge in [-0.3, -0.25) is 14.3 Å². The summed E-state index contributed by atoms with van der Waals surface area (Å²) >= 11 is 0. The van der Waals surface area contributed by atoms with Crippen molar-refractivity contribution >= 4 is 16.6 Å². The van der Waals surface area contributed by atoms with E-state index >= 15 is 0 Å². The maximum absolute atomic E-state index is 13.7. The Morgan fingerprint density at radius 1 is 1.21 bits per heavy atom. The van der Waals surface area contributed by atoms with Gasteiger partial charge in [0.1, 0.15) is 5.69 Å². The van der Waals surface area contributed by atoms with Gasteiger partial charge in [-0.25, -0.2) is 8.78 Å². The highest BCUT2D eigenvalue weighted by Crippen LogP contribution is 2.43. The highest BCUT2D eigenvalue weighted by molar-refractivity contribution is 5.85. The summed E-state index contributed by atoms with van der Waals surface area (Å²) in [7, 11) is 0. The van der Waals surface area contributed by atoms with E-state index < -0.39 is 25.6 Å². The van der Waals surface area contributed by atoms with E-state index in [4.69, 9.17) is 4.74 Å². The minimum Gasteiger partial charge on any atom is -0.433 e. The van der Waals surface area contributed by atoms with Gasteiger partial charge in [0.25, 0.3) is 6.43 Å². The third-order valence-electron chi connectivity index (χ3n) is 7.47. The first kappa shape index (κ1) is 26.7. The van der Waals surface area contributed by atoms with Crippen LogP contribution in [-0.2, 0) is 6.42 Å². The van der Waals surface area contributed by atoms with Crippen molar-refractivity contribution in [3.8, 4) is 5.75 Å². The number of anilines is 1. The second-order valence-corrected chi connectivity index (χ2v) is 10.1. The molecule has 0 bridgehead atoms. The van der Waals surface area contributed by atoms with Crippen molar-refractivity contribution in [1.82, 2.24) is 19.8 Å². The molecule has 5 rings (SSSR count). The van der Waals surface area contributed by atoms with Gasteiger partial charge in [0.15, 0.2) is 5.75 Å². The number of hydrogen-bond donors (Lipinski definition) is 2. The normalized spacial score (nSPS) is 22.5. The predicted octanol–water partition coefficient (Wildman–Crippen LogP) is 5.61. The third-order valence-corrected chi connectivity index (χ3v) is 7.47. The van der Waals surface area contributed by atoms with Crippen molar-refractivity contribution in [3.63, 3.8) is 0 Å². The van der Waals surface area contributed by atoms with Gasteiger partial charge in [0, 0.05) is 54.4 Å². The molecule has 2 aromatic heterocycles. The van der Waals surface area contributed by atoms with E-state index in [1.165, 1.54) is 6.07 Å². The number of pyridine rings is 1. The summed E-state index contributed by atoms with van der Waals surface area (Å²) in [6.07, 6.45) is 0.752. The molecule has 11 heteroatoms. The first-order chi connectivity index (χ1) is 18.3. The Balaban J connectivity index is 1.51. The van der Waals surface area contributed by atoms with Gasteiger partial charge in [-0.2, -0.15) is 8.78 Å². The average molecular weight is 538 g/mol. The maximum atomic E-state index is 13.7. The van der Waals surface area contributed by atoms with Crippen molar-refractivity contribution in [2.45, 2.75) is 57.3 Å². The van der Waals surface area contributed by atoms with Crippen molar-refractivity contribution in [2.24, 2.45) is 0 Å². The number of H-pyrrole nitrogens is 1. The van der Waals surface area contributed by atoms with E-state index in [-0.39, 0.29) is 30.2 Å². The third kappa shape index (κ3) is 5.58. The lowest BCUT2D eigenvalue weighted by Gasteiger charge is -2.40. The van der Waals surface area contributed by atoms with Crippen molar-refractivity contribution < 1.29 is 26.7 Å². The quantitative estimate of drug-likeness (QED) is 0.329. The fourth-order valence-corrected chi connectivity index (χ4v) is 5.85. The number of halogens is 5. The van der Waals surface area contributed by atoms with Gasteiger partial charge in [0.05, 0.1) is 31.1 Å². The van der Waals surface area contributed by atoms with Crippen LogP contribution < -0.4 is 10.1 Å². The Bertz CT molecular complexity index is 1240. The molecule has 3 atom stereocenters. The summed E-state index contributed by atoms with van der Waals surface area (Å²) in [6, 6.07) is 8.08. The van der Waals surface area contributed by atoms with Crippen LogP contribution in [0, 0.1) is 0 Å². The standard InChI is InChI=1S/C27H32F5N5O/c1-16-11-20-19-5-2-3-6-21(19)35-24(20)26(37(16)15-23(29)30)25-22(38-27(31)32)12-18(13-33-25)34-17-7-10-36(14-17)9-4-8-28/h2-3,5-6,12-13,16-17,23,26-27,34-35H,4,7-11,14-15H2,1H3/t16-,17+,26+/m1/s1. The van der Waals surface area contributed by atoms with Crippen LogP contribution >= 0.6 is 0 Å². The number of fused-ring (bicyclic) bond motifs is 3. The molecular weight excluding hydrogens is 505 g/mol. The summed E-state index contributed by atoms with van der Waals surface area (Å²) in [6.45, 7) is 0.0295. The molecule has 2 aliphatic heterocycles. The lowest BCUT2D eigenvalue weighted by Crippen LogP contribution is -2.45. The topological polar surface area (TPSA) is 56.4 Å². The van der Waals surface area contributed by atoms with Gasteiger partial charge in [-0.05, 0) is 37.8 Å². The molecule has 4 heterocycles. The number of ether oxygens (including phenoxy) is 1. The summed E-state index contributed by atoms with van der Waals surface area (Å²) < 4.78 is 72.0. The number of benzene rings is 1. The van der Waals surface area contributed by atoms with Crippen molar-refractivity contribution in [2.75, 3.05) is 38.2 Å². The van der Waals surface area contributed by atoms with E-state index in [0.29, 0.717) is 37.3 Å². The predicted molar refractivity (Wildman–Crippen MR) is 136 cm³/mol. The second kappa shape index (κ2) is 11.4.